The first kappa shape index (κ1) is 20.0. The van der Waals surface area contributed by atoms with E-state index in [0.29, 0.717) is 23.8 Å². The minimum absolute atomic E-state index is 0.0889. The van der Waals surface area contributed by atoms with E-state index in [1.54, 1.807) is 6.07 Å². The zero-order chi connectivity index (χ0) is 21.3. The lowest BCUT2D eigenvalue weighted by molar-refractivity contribution is 0.315. The standard InChI is InChI=1S/C24H27N5O/c1-24(2,3)19-12-10-18(11-13-19)22-26-23-25-20(14-21(30)29(23)27-22)16-28(4)15-17-8-6-5-7-9-17/h5-14H,15-16H2,1-4H3,(H,25,26,27). The molecule has 4 aromatic rings. The molecule has 2 aromatic heterocycles. The van der Waals surface area contributed by atoms with Crippen LogP contribution in [0.1, 0.15) is 37.6 Å². The van der Waals surface area contributed by atoms with Gasteiger partial charge in [-0.2, -0.15) is 9.50 Å². The van der Waals surface area contributed by atoms with Gasteiger partial charge in [0.2, 0.25) is 0 Å². The predicted octanol–water partition coefficient (Wildman–Crippen LogP) is 4.01. The average Bonchev–Trinajstić information content (AvgIpc) is 3.13. The molecule has 0 atom stereocenters. The summed E-state index contributed by atoms with van der Waals surface area (Å²) in [6.45, 7) is 7.91. The number of rotatable bonds is 5. The van der Waals surface area contributed by atoms with E-state index in [1.165, 1.54) is 15.6 Å². The molecule has 6 nitrogen and oxygen atoms in total. The maximum absolute atomic E-state index is 12.6. The molecule has 2 heterocycles. The van der Waals surface area contributed by atoms with Crippen LogP contribution in [0.25, 0.3) is 17.2 Å². The summed E-state index contributed by atoms with van der Waals surface area (Å²) in [5, 5.41) is 3.08. The summed E-state index contributed by atoms with van der Waals surface area (Å²) in [5.74, 6) is 1.02. The number of fused-ring (bicyclic) bond motifs is 1. The highest BCUT2D eigenvalue weighted by molar-refractivity contribution is 5.57. The van der Waals surface area contributed by atoms with Crippen LogP contribution in [0.2, 0.25) is 0 Å². The number of H-pyrrole nitrogens is 1. The Bertz CT molecular complexity index is 1200. The minimum Gasteiger partial charge on any atom is -0.296 e. The van der Waals surface area contributed by atoms with E-state index < -0.39 is 0 Å². The van der Waals surface area contributed by atoms with Crippen LogP contribution in [0, 0.1) is 0 Å². The fraction of sp³-hybridized carbons (Fsp3) is 0.292. The summed E-state index contributed by atoms with van der Waals surface area (Å²) < 4.78 is 1.40. The van der Waals surface area contributed by atoms with Gasteiger partial charge in [-0.05, 0) is 23.6 Å². The Kier molecular flexibility index (Phi) is 5.26. The summed E-state index contributed by atoms with van der Waals surface area (Å²) in [6.07, 6.45) is 0. The molecule has 0 aliphatic heterocycles. The second-order valence-electron chi connectivity index (χ2n) is 8.78. The molecule has 0 radical (unpaired) electrons. The van der Waals surface area contributed by atoms with Crippen LogP contribution in [-0.4, -0.2) is 31.5 Å². The third-order valence-corrected chi connectivity index (χ3v) is 5.14. The molecular weight excluding hydrogens is 374 g/mol. The Balaban J connectivity index is 1.58. The number of nitrogens with one attached hydrogen (secondary N) is 1. The molecule has 154 valence electrons. The van der Waals surface area contributed by atoms with Gasteiger partial charge in [0, 0.05) is 24.7 Å². The maximum Gasteiger partial charge on any atom is 0.274 e. The van der Waals surface area contributed by atoms with Gasteiger partial charge in [-0.1, -0.05) is 75.4 Å². The molecule has 2 aromatic carbocycles. The lowest BCUT2D eigenvalue weighted by Crippen LogP contribution is -2.22. The smallest absolute Gasteiger partial charge is 0.274 e. The van der Waals surface area contributed by atoms with Crippen molar-refractivity contribution in [3.05, 3.63) is 87.8 Å². The minimum atomic E-state index is -0.159. The van der Waals surface area contributed by atoms with Crippen LogP contribution < -0.4 is 5.56 Å². The van der Waals surface area contributed by atoms with Crippen molar-refractivity contribution in [2.24, 2.45) is 0 Å². The normalized spacial score (nSPS) is 12.0. The molecule has 1 N–H and O–H groups in total. The molecule has 0 saturated carbocycles. The van der Waals surface area contributed by atoms with Crippen LogP contribution >= 0.6 is 0 Å². The quantitative estimate of drug-likeness (QED) is 0.549. The summed E-state index contributed by atoms with van der Waals surface area (Å²) in [6, 6.07) is 20.1. The van der Waals surface area contributed by atoms with Gasteiger partial charge < -0.3 is 0 Å². The van der Waals surface area contributed by atoms with Gasteiger partial charge in [0.1, 0.15) is 0 Å². The van der Waals surface area contributed by atoms with Crippen molar-refractivity contribution in [2.45, 2.75) is 39.3 Å². The maximum atomic E-state index is 12.6. The molecule has 0 fully saturated rings. The van der Waals surface area contributed by atoms with Crippen LogP contribution in [-0.2, 0) is 18.5 Å². The summed E-state index contributed by atoms with van der Waals surface area (Å²) >= 11 is 0. The number of hydrogen-bond acceptors (Lipinski definition) is 4. The molecular formula is C24H27N5O. The first-order chi connectivity index (χ1) is 14.3. The Morgan fingerprint density at radius 1 is 0.967 bits per heavy atom. The number of aromatic nitrogens is 4. The van der Waals surface area contributed by atoms with Crippen molar-refractivity contribution < 1.29 is 0 Å². The van der Waals surface area contributed by atoms with E-state index in [0.717, 1.165) is 12.1 Å². The third-order valence-electron chi connectivity index (χ3n) is 5.14. The fourth-order valence-corrected chi connectivity index (χ4v) is 3.49. The lowest BCUT2D eigenvalue weighted by atomic mass is 9.87. The van der Waals surface area contributed by atoms with Crippen molar-refractivity contribution in [1.29, 1.82) is 0 Å². The van der Waals surface area contributed by atoms with Crippen molar-refractivity contribution in [3.8, 4) is 11.4 Å². The van der Waals surface area contributed by atoms with Gasteiger partial charge in [-0.25, -0.2) is 4.98 Å². The largest absolute Gasteiger partial charge is 0.296 e. The van der Waals surface area contributed by atoms with Crippen molar-refractivity contribution >= 4 is 5.78 Å². The highest BCUT2D eigenvalue weighted by Gasteiger charge is 2.15. The lowest BCUT2D eigenvalue weighted by Gasteiger charge is -2.18. The first-order valence-electron chi connectivity index (χ1n) is 10.1. The fourth-order valence-electron chi connectivity index (χ4n) is 3.49. The molecule has 30 heavy (non-hydrogen) atoms. The zero-order valence-electron chi connectivity index (χ0n) is 17.9. The molecule has 0 saturated heterocycles. The van der Waals surface area contributed by atoms with Gasteiger partial charge in [-0.3, -0.25) is 14.8 Å². The SMILES string of the molecule is CN(Cc1ccccc1)Cc1cc(=O)n2[nH]c(-c3ccc(C(C)(C)C)cc3)nc2n1. The second kappa shape index (κ2) is 7.88. The van der Waals surface area contributed by atoms with Gasteiger partial charge in [0.15, 0.2) is 5.82 Å². The van der Waals surface area contributed by atoms with Crippen molar-refractivity contribution in [3.63, 3.8) is 0 Å². The zero-order valence-corrected chi connectivity index (χ0v) is 17.9. The average molecular weight is 402 g/mol. The van der Waals surface area contributed by atoms with Crippen LogP contribution in [0.4, 0.5) is 0 Å². The highest BCUT2D eigenvalue weighted by atomic mass is 16.1. The Hall–Kier alpha value is -3.25. The molecule has 0 aliphatic carbocycles. The molecule has 0 amide bonds. The Morgan fingerprint density at radius 3 is 2.33 bits per heavy atom. The number of hydrogen-bond donors (Lipinski definition) is 1. The van der Waals surface area contributed by atoms with E-state index in [2.05, 4.69) is 65.0 Å². The number of aromatic amines is 1. The van der Waals surface area contributed by atoms with Gasteiger partial charge >= 0.3 is 0 Å². The topological polar surface area (TPSA) is 66.3 Å². The summed E-state index contributed by atoms with van der Waals surface area (Å²) in [7, 11) is 2.02. The predicted molar refractivity (Wildman–Crippen MR) is 119 cm³/mol. The first-order valence-corrected chi connectivity index (χ1v) is 10.1. The molecule has 0 spiro atoms. The van der Waals surface area contributed by atoms with Crippen LogP contribution in [0.5, 0.6) is 0 Å². The molecule has 4 rings (SSSR count). The van der Waals surface area contributed by atoms with Gasteiger partial charge in [0.05, 0.1) is 5.69 Å². The van der Waals surface area contributed by atoms with Gasteiger partial charge in [0.25, 0.3) is 11.3 Å². The molecule has 6 heteroatoms. The summed E-state index contributed by atoms with van der Waals surface area (Å²) in [4.78, 5) is 23.9. The van der Waals surface area contributed by atoms with E-state index in [4.69, 9.17) is 0 Å². The monoisotopic (exact) mass is 401 g/mol. The summed E-state index contributed by atoms with van der Waals surface area (Å²) in [5.41, 5.74) is 4.04. The van der Waals surface area contributed by atoms with E-state index in [9.17, 15) is 4.79 Å². The molecule has 0 aliphatic rings. The van der Waals surface area contributed by atoms with Gasteiger partial charge in [-0.15, -0.1) is 0 Å². The Labute approximate surface area is 176 Å². The molecule has 0 bridgehead atoms. The van der Waals surface area contributed by atoms with E-state index >= 15 is 0 Å². The Morgan fingerprint density at radius 2 is 1.67 bits per heavy atom. The third kappa shape index (κ3) is 4.33. The van der Waals surface area contributed by atoms with Crippen molar-refractivity contribution in [1.82, 2.24) is 24.5 Å². The van der Waals surface area contributed by atoms with E-state index in [-0.39, 0.29) is 11.0 Å². The van der Waals surface area contributed by atoms with Crippen LogP contribution in [0.15, 0.2) is 65.5 Å². The second-order valence-corrected chi connectivity index (χ2v) is 8.78. The van der Waals surface area contributed by atoms with Crippen LogP contribution in [0.3, 0.4) is 0 Å². The number of benzene rings is 2. The van der Waals surface area contributed by atoms with E-state index in [1.807, 2.05) is 37.4 Å². The number of nitrogens with zero attached hydrogens (tertiary/aromatic N) is 4. The highest BCUT2D eigenvalue weighted by Crippen LogP contribution is 2.24. The molecule has 0 unspecified atom stereocenters. The van der Waals surface area contributed by atoms with Crippen molar-refractivity contribution in [2.75, 3.05) is 7.05 Å².